The number of nitrogens with two attached hydrogens (primary N) is 1. The first-order valence-corrected chi connectivity index (χ1v) is 7.08. The van der Waals surface area contributed by atoms with Gasteiger partial charge in [0.15, 0.2) is 0 Å². The van der Waals surface area contributed by atoms with Gasteiger partial charge >= 0.3 is 6.03 Å². The standard InChI is InChI=1S/C15H23N3O/c1-11(12-6-3-2-4-7-12)17-13-8-5-9-14(10-13)18-15(16)19/h5,8-12,17H,2-4,6-7H2,1H3,(H3,16,18,19). The highest BCUT2D eigenvalue weighted by molar-refractivity contribution is 5.88. The molecule has 4 N–H and O–H groups in total. The van der Waals surface area contributed by atoms with Crippen LogP contribution in [0.15, 0.2) is 24.3 Å². The van der Waals surface area contributed by atoms with Crippen molar-refractivity contribution in [3.63, 3.8) is 0 Å². The van der Waals surface area contributed by atoms with Crippen LogP contribution in [0.1, 0.15) is 39.0 Å². The first kappa shape index (κ1) is 13.7. The molecule has 2 rings (SSSR count). The average molecular weight is 261 g/mol. The van der Waals surface area contributed by atoms with Crippen LogP contribution in [0, 0.1) is 5.92 Å². The number of amides is 2. The van der Waals surface area contributed by atoms with Gasteiger partial charge in [-0.05, 0) is 43.9 Å². The summed E-state index contributed by atoms with van der Waals surface area (Å²) in [6.45, 7) is 2.24. The second-order valence-electron chi connectivity index (χ2n) is 5.40. The molecule has 0 saturated heterocycles. The smallest absolute Gasteiger partial charge is 0.316 e. The van der Waals surface area contributed by atoms with Crippen LogP contribution in [0.25, 0.3) is 0 Å². The van der Waals surface area contributed by atoms with Crippen LogP contribution in [0.4, 0.5) is 16.2 Å². The average Bonchev–Trinajstić information content (AvgIpc) is 2.39. The summed E-state index contributed by atoms with van der Waals surface area (Å²) in [5, 5.41) is 6.13. The molecule has 4 nitrogen and oxygen atoms in total. The Morgan fingerprint density at radius 1 is 1.26 bits per heavy atom. The van der Waals surface area contributed by atoms with Crippen molar-refractivity contribution in [3.8, 4) is 0 Å². The van der Waals surface area contributed by atoms with Crippen LogP contribution in [-0.2, 0) is 0 Å². The quantitative estimate of drug-likeness (QED) is 0.775. The molecule has 0 radical (unpaired) electrons. The molecule has 1 aliphatic carbocycles. The maximum Gasteiger partial charge on any atom is 0.316 e. The molecule has 1 aromatic carbocycles. The van der Waals surface area contributed by atoms with Gasteiger partial charge in [-0.3, -0.25) is 0 Å². The SMILES string of the molecule is CC(Nc1cccc(NC(N)=O)c1)C1CCCCC1. The van der Waals surface area contributed by atoms with Crippen LogP contribution in [-0.4, -0.2) is 12.1 Å². The zero-order chi connectivity index (χ0) is 13.7. The normalized spacial score (nSPS) is 17.7. The van der Waals surface area contributed by atoms with E-state index in [4.69, 9.17) is 5.73 Å². The van der Waals surface area contributed by atoms with E-state index in [1.807, 2.05) is 24.3 Å². The number of carbonyl (C=O) groups excluding carboxylic acids is 1. The monoisotopic (exact) mass is 261 g/mol. The number of benzene rings is 1. The van der Waals surface area contributed by atoms with Crippen molar-refractivity contribution in [2.45, 2.75) is 45.1 Å². The summed E-state index contributed by atoms with van der Waals surface area (Å²) in [4.78, 5) is 10.8. The molecular formula is C15H23N3O. The lowest BCUT2D eigenvalue weighted by Gasteiger charge is -2.29. The predicted molar refractivity (Wildman–Crippen MR) is 79.3 cm³/mol. The number of hydrogen-bond acceptors (Lipinski definition) is 2. The van der Waals surface area contributed by atoms with E-state index in [0.717, 1.165) is 17.3 Å². The fourth-order valence-corrected chi connectivity index (χ4v) is 2.84. The maximum atomic E-state index is 10.8. The highest BCUT2D eigenvalue weighted by Gasteiger charge is 2.19. The third-order valence-corrected chi connectivity index (χ3v) is 3.88. The minimum absolute atomic E-state index is 0.462. The van der Waals surface area contributed by atoms with E-state index < -0.39 is 6.03 Å². The Bertz CT molecular complexity index is 427. The van der Waals surface area contributed by atoms with Gasteiger partial charge in [-0.25, -0.2) is 4.79 Å². The van der Waals surface area contributed by atoms with E-state index in [-0.39, 0.29) is 0 Å². The van der Waals surface area contributed by atoms with Crippen molar-refractivity contribution >= 4 is 17.4 Å². The third kappa shape index (κ3) is 4.16. The second-order valence-corrected chi connectivity index (χ2v) is 5.40. The number of nitrogens with one attached hydrogen (secondary N) is 2. The van der Waals surface area contributed by atoms with Gasteiger partial charge in [0.05, 0.1) is 0 Å². The molecule has 1 fully saturated rings. The highest BCUT2D eigenvalue weighted by Crippen LogP contribution is 2.28. The van der Waals surface area contributed by atoms with Crippen molar-refractivity contribution < 1.29 is 4.79 Å². The summed E-state index contributed by atoms with van der Waals surface area (Å²) in [6, 6.07) is 7.62. The topological polar surface area (TPSA) is 67.2 Å². The largest absolute Gasteiger partial charge is 0.382 e. The Hall–Kier alpha value is -1.71. The molecule has 1 atom stereocenters. The molecule has 104 valence electrons. The first-order valence-electron chi connectivity index (χ1n) is 7.08. The van der Waals surface area contributed by atoms with Gasteiger partial charge in [-0.2, -0.15) is 0 Å². The van der Waals surface area contributed by atoms with E-state index in [1.165, 1.54) is 32.1 Å². The third-order valence-electron chi connectivity index (χ3n) is 3.88. The Kier molecular flexibility index (Phi) is 4.66. The molecule has 0 aromatic heterocycles. The molecule has 1 unspecified atom stereocenters. The number of primary amides is 1. The van der Waals surface area contributed by atoms with Gasteiger partial charge in [-0.1, -0.05) is 25.3 Å². The summed E-state index contributed by atoms with van der Waals surface area (Å²) < 4.78 is 0. The van der Waals surface area contributed by atoms with Crippen molar-refractivity contribution in [2.24, 2.45) is 11.7 Å². The van der Waals surface area contributed by atoms with Crippen molar-refractivity contribution in [2.75, 3.05) is 10.6 Å². The Labute approximate surface area is 114 Å². The van der Waals surface area contributed by atoms with E-state index >= 15 is 0 Å². The lowest BCUT2D eigenvalue weighted by Crippen LogP contribution is -2.27. The molecular weight excluding hydrogens is 238 g/mol. The lowest BCUT2D eigenvalue weighted by molar-refractivity contribution is 0.259. The molecule has 0 spiro atoms. The fourth-order valence-electron chi connectivity index (χ4n) is 2.84. The number of carbonyl (C=O) groups is 1. The number of urea groups is 1. The fraction of sp³-hybridized carbons (Fsp3) is 0.533. The van der Waals surface area contributed by atoms with Crippen LogP contribution in [0.5, 0.6) is 0 Å². The Balaban J connectivity index is 1.95. The van der Waals surface area contributed by atoms with E-state index in [0.29, 0.717) is 6.04 Å². The van der Waals surface area contributed by atoms with Crippen molar-refractivity contribution in [3.05, 3.63) is 24.3 Å². The molecule has 4 heteroatoms. The summed E-state index contributed by atoms with van der Waals surface area (Å²) in [7, 11) is 0. The minimum atomic E-state index is -0.530. The van der Waals surface area contributed by atoms with E-state index in [9.17, 15) is 4.79 Å². The zero-order valence-electron chi connectivity index (χ0n) is 11.5. The van der Waals surface area contributed by atoms with Gasteiger partial charge in [0.25, 0.3) is 0 Å². The van der Waals surface area contributed by atoms with Gasteiger partial charge < -0.3 is 16.4 Å². The molecule has 1 aliphatic rings. The molecule has 0 bridgehead atoms. The van der Waals surface area contributed by atoms with Gasteiger partial charge in [0.1, 0.15) is 0 Å². The Morgan fingerprint density at radius 3 is 2.63 bits per heavy atom. The van der Waals surface area contributed by atoms with E-state index in [1.54, 1.807) is 0 Å². The number of rotatable bonds is 4. The summed E-state index contributed by atoms with van der Waals surface area (Å²) in [5.41, 5.74) is 6.88. The molecule has 2 amide bonds. The summed E-state index contributed by atoms with van der Waals surface area (Å²) in [6.07, 6.45) is 6.70. The second kappa shape index (κ2) is 6.45. The first-order chi connectivity index (χ1) is 9.15. The van der Waals surface area contributed by atoms with Crippen LogP contribution in [0.3, 0.4) is 0 Å². The van der Waals surface area contributed by atoms with Gasteiger partial charge in [0, 0.05) is 17.4 Å². The van der Waals surface area contributed by atoms with Crippen LogP contribution < -0.4 is 16.4 Å². The van der Waals surface area contributed by atoms with Crippen LogP contribution >= 0.6 is 0 Å². The number of hydrogen-bond donors (Lipinski definition) is 3. The molecule has 1 aromatic rings. The molecule has 0 aliphatic heterocycles. The zero-order valence-corrected chi connectivity index (χ0v) is 11.5. The summed E-state index contributed by atoms with van der Waals surface area (Å²) in [5.74, 6) is 0.751. The minimum Gasteiger partial charge on any atom is -0.382 e. The van der Waals surface area contributed by atoms with Crippen LogP contribution in [0.2, 0.25) is 0 Å². The van der Waals surface area contributed by atoms with Crippen molar-refractivity contribution in [1.29, 1.82) is 0 Å². The van der Waals surface area contributed by atoms with Gasteiger partial charge in [0.2, 0.25) is 0 Å². The maximum absolute atomic E-state index is 10.8. The van der Waals surface area contributed by atoms with Crippen molar-refractivity contribution in [1.82, 2.24) is 0 Å². The molecule has 1 saturated carbocycles. The van der Waals surface area contributed by atoms with Gasteiger partial charge in [-0.15, -0.1) is 0 Å². The van der Waals surface area contributed by atoms with E-state index in [2.05, 4.69) is 17.6 Å². The predicted octanol–water partition coefficient (Wildman–Crippen LogP) is 3.56. The summed E-state index contributed by atoms with van der Waals surface area (Å²) >= 11 is 0. The highest BCUT2D eigenvalue weighted by atomic mass is 16.2. The molecule has 0 heterocycles. The molecule has 19 heavy (non-hydrogen) atoms. The Morgan fingerprint density at radius 2 is 1.95 bits per heavy atom. The number of anilines is 2. The lowest BCUT2D eigenvalue weighted by atomic mass is 9.84.